The van der Waals surface area contributed by atoms with Gasteiger partial charge in [-0.1, -0.05) is 23.2 Å². The van der Waals surface area contributed by atoms with Crippen molar-refractivity contribution in [1.82, 2.24) is 9.97 Å². The van der Waals surface area contributed by atoms with Crippen molar-refractivity contribution in [1.29, 1.82) is 0 Å². The summed E-state index contributed by atoms with van der Waals surface area (Å²) in [6.07, 6.45) is 2.20. The summed E-state index contributed by atoms with van der Waals surface area (Å²) in [4.78, 5) is 29.9. The highest BCUT2D eigenvalue weighted by Gasteiger charge is 2.13. The Morgan fingerprint density at radius 3 is 2.44 bits per heavy atom. The molecule has 0 aliphatic rings. The van der Waals surface area contributed by atoms with Gasteiger partial charge in [-0.25, -0.2) is 14.8 Å². The third-order valence-electron chi connectivity index (χ3n) is 1.96. The van der Waals surface area contributed by atoms with Gasteiger partial charge < -0.3 is 9.73 Å². The normalized spacial score (nSPS) is 10.1. The van der Waals surface area contributed by atoms with E-state index in [4.69, 9.17) is 23.2 Å². The lowest BCUT2D eigenvalue weighted by Gasteiger charge is -2.06. The monoisotopic (exact) mass is 285 g/mol. The zero-order chi connectivity index (χ0) is 13.1. The van der Waals surface area contributed by atoms with Crippen molar-refractivity contribution in [2.75, 3.05) is 5.32 Å². The fraction of sp³-hybridized carbons (Fsp3) is 0. The minimum absolute atomic E-state index is 0.0146. The van der Waals surface area contributed by atoms with Crippen molar-refractivity contribution < 1.29 is 9.21 Å². The molecule has 0 bridgehead atoms. The zero-order valence-corrected chi connectivity index (χ0v) is 10.2. The van der Waals surface area contributed by atoms with Crippen molar-refractivity contribution >= 4 is 34.8 Å². The Labute approximate surface area is 111 Å². The molecular weight excluding hydrogens is 281 g/mol. The lowest BCUT2D eigenvalue weighted by molar-refractivity contribution is 0.102. The van der Waals surface area contributed by atoms with Crippen LogP contribution in [0.5, 0.6) is 0 Å². The molecule has 0 saturated carbocycles. The number of carbonyl (C=O) groups is 1. The van der Waals surface area contributed by atoms with Gasteiger partial charge in [0.05, 0.1) is 5.56 Å². The van der Waals surface area contributed by atoms with Gasteiger partial charge in [0.15, 0.2) is 10.3 Å². The summed E-state index contributed by atoms with van der Waals surface area (Å²) < 4.78 is 4.56. The largest absolute Gasteiger partial charge is 0.430 e. The van der Waals surface area contributed by atoms with Crippen LogP contribution < -0.4 is 10.9 Å². The smallest absolute Gasteiger partial charge is 0.335 e. The molecule has 0 saturated heterocycles. The van der Waals surface area contributed by atoms with E-state index in [2.05, 4.69) is 19.7 Å². The number of amides is 1. The maximum absolute atomic E-state index is 11.8. The van der Waals surface area contributed by atoms with Gasteiger partial charge in [0.1, 0.15) is 18.3 Å². The van der Waals surface area contributed by atoms with E-state index in [9.17, 15) is 9.59 Å². The van der Waals surface area contributed by atoms with Crippen molar-refractivity contribution in [3.05, 3.63) is 51.0 Å². The summed E-state index contributed by atoms with van der Waals surface area (Å²) in [6, 6.07) is 2.44. The molecule has 0 aliphatic heterocycles. The highest BCUT2D eigenvalue weighted by atomic mass is 35.5. The van der Waals surface area contributed by atoms with Crippen LogP contribution in [0.25, 0.3) is 0 Å². The lowest BCUT2D eigenvalue weighted by atomic mass is 10.3. The molecular formula is C10H5Cl2N3O3. The third kappa shape index (κ3) is 2.66. The topological polar surface area (TPSA) is 85.1 Å². The van der Waals surface area contributed by atoms with Gasteiger partial charge in [0.25, 0.3) is 5.91 Å². The van der Waals surface area contributed by atoms with E-state index < -0.39 is 11.5 Å². The fourth-order valence-electron chi connectivity index (χ4n) is 1.12. The van der Waals surface area contributed by atoms with Crippen LogP contribution >= 0.6 is 23.2 Å². The molecule has 2 aromatic rings. The zero-order valence-electron chi connectivity index (χ0n) is 8.68. The number of hydrogen-bond donors (Lipinski definition) is 1. The summed E-state index contributed by atoms with van der Waals surface area (Å²) in [5.74, 6) is -0.544. The predicted molar refractivity (Wildman–Crippen MR) is 65.0 cm³/mol. The van der Waals surface area contributed by atoms with Gasteiger partial charge in [-0.15, -0.1) is 0 Å². The molecule has 0 fully saturated rings. The molecule has 1 amide bonds. The number of carbonyl (C=O) groups excluding carboxylic acids is 1. The van der Waals surface area contributed by atoms with E-state index in [1.165, 1.54) is 12.4 Å². The standard InChI is InChI=1S/C10H5Cl2N3O3/c11-8-7(9(12)14-4-13-8)15-10(17)5-1-2-6(16)18-3-5/h1-4H,(H,15,17). The highest BCUT2D eigenvalue weighted by Crippen LogP contribution is 2.25. The van der Waals surface area contributed by atoms with Crippen molar-refractivity contribution in [3.63, 3.8) is 0 Å². The predicted octanol–water partition coefficient (Wildman–Crippen LogP) is 1.99. The number of rotatable bonds is 2. The molecule has 0 aromatic carbocycles. The number of nitrogens with zero attached hydrogens (tertiary/aromatic N) is 2. The summed E-state index contributed by atoms with van der Waals surface area (Å²) in [5, 5.41) is 2.45. The number of nitrogens with one attached hydrogen (secondary N) is 1. The van der Waals surface area contributed by atoms with Gasteiger partial charge >= 0.3 is 5.63 Å². The summed E-state index contributed by atoms with van der Waals surface area (Å²) in [5.41, 5.74) is -0.312. The second-order valence-electron chi connectivity index (χ2n) is 3.13. The van der Waals surface area contributed by atoms with Crippen LogP contribution in [-0.4, -0.2) is 15.9 Å². The first-order valence-electron chi connectivity index (χ1n) is 4.64. The molecule has 0 spiro atoms. The summed E-state index contributed by atoms with van der Waals surface area (Å²) >= 11 is 11.5. The molecule has 0 radical (unpaired) electrons. The maximum Gasteiger partial charge on any atom is 0.335 e. The Kier molecular flexibility index (Phi) is 3.59. The molecule has 0 atom stereocenters. The number of hydrogen-bond acceptors (Lipinski definition) is 5. The van der Waals surface area contributed by atoms with Gasteiger partial charge in [-0.3, -0.25) is 4.79 Å². The second kappa shape index (κ2) is 5.16. The van der Waals surface area contributed by atoms with Gasteiger partial charge in [0.2, 0.25) is 0 Å². The minimum Gasteiger partial charge on any atom is -0.430 e. The van der Waals surface area contributed by atoms with Crippen molar-refractivity contribution in [3.8, 4) is 0 Å². The van der Waals surface area contributed by atoms with E-state index in [0.717, 1.165) is 12.3 Å². The average Bonchev–Trinajstić information content (AvgIpc) is 2.34. The molecule has 0 aliphatic carbocycles. The average molecular weight is 286 g/mol. The first-order chi connectivity index (χ1) is 8.58. The SMILES string of the molecule is O=C(Nc1c(Cl)ncnc1Cl)c1ccc(=O)oc1. The van der Waals surface area contributed by atoms with Crippen LogP contribution in [0.2, 0.25) is 10.3 Å². The number of aromatic nitrogens is 2. The first kappa shape index (κ1) is 12.5. The van der Waals surface area contributed by atoms with Crippen molar-refractivity contribution in [2.45, 2.75) is 0 Å². The Morgan fingerprint density at radius 1 is 1.22 bits per heavy atom. The van der Waals surface area contributed by atoms with Crippen LogP contribution in [0.15, 0.2) is 33.9 Å². The Hall–Kier alpha value is -1.92. The van der Waals surface area contributed by atoms with Crippen LogP contribution in [0.3, 0.4) is 0 Å². The quantitative estimate of drug-likeness (QED) is 0.853. The van der Waals surface area contributed by atoms with Crippen LogP contribution in [-0.2, 0) is 0 Å². The third-order valence-corrected chi connectivity index (χ3v) is 2.53. The van der Waals surface area contributed by atoms with Crippen LogP contribution in [0.4, 0.5) is 5.69 Å². The highest BCUT2D eigenvalue weighted by molar-refractivity contribution is 6.38. The molecule has 1 N–H and O–H groups in total. The molecule has 18 heavy (non-hydrogen) atoms. The Balaban J connectivity index is 2.27. The molecule has 8 heteroatoms. The van der Waals surface area contributed by atoms with Crippen LogP contribution in [0, 0.1) is 0 Å². The molecule has 2 aromatic heterocycles. The van der Waals surface area contributed by atoms with Gasteiger partial charge in [0, 0.05) is 6.07 Å². The molecule has 92 valence electrons. The van der Waals surface area contributed by atoms with Crippen molar-refractivity contribution in [2.24, 2.45) is 0 Å². The first-order valence-corrected chi connectivity index (χ1v) is 5.39. The Bertz CT molecular complexity index is 616. The minimum atomic E-state index is -0.550. The number of halogens is 2. The molecule has 2 heterocycles. The van der Waals surface area contributed by atoms with Gasteiger partial charge in [-0.05, 0) is 6.07 Å². The molecule has 6 nitrogen and oxygen atoms in total. The van der Waals surface area contributed by atoms with E-state index in [-0.39, 0.29) is 21.6 Å². The van der Waals surface area contributed by atoms with Gasteiger partial charge in [-0.2, -0.15) is 0 Å². The van der Waals surface area contributed by atoms with E-state index in [1.54, 1.807) is 0 Å². The Morgan fingerprint density at radius 2 is 1.89 bits per heavy atom. The second-order valence-corrected chi connectivity index (χ2v) is 3.84. The van der Waals surface area contributed by atoms with E-state index in [0.29, 0.717) is 0 Å². The summed E-state index contributed by atoms with van der Waals surface area (Å²) in [6.45, 7) is 0. The fourth-order valence-corrected chi connectivity index (χ4v) is 1.53. The lowest BCUT2D eigenvalue weighted by Crippen LogP contribution is -2.14. The number of anilines is 1. The molecule has 0 unspecified atom stereocenters. The van der Waals surface area contributed by atoms with E-state index >= 15 is 0 Å². The van der Waals surface area contributed by atoms with Crippen LogP contribution in [0.1, 0.15) is 10.4 Å². The molecule has 2 rings (SSSR count). The maximum atomic E-state index is 11.8. The van der Waals surface area contributed by atoms with E-state index in [1.807, 2.05) is 0 Å². The summed E-state index contributed by atoms with van der Waals surface area (Å²) in [7, 11) is 0.